The van der Waals surface area contributed by atoms with Crippen LogP contribution >= 0.6 is 11.7 Å². The highest BCUT2D eigenvalue weighted by Crippen LogP contribution is 2.43. The maximum Gasteiger partial charge on any atom is 0.312 e. The van der Waals surface area contributed by atoms with E-state index in [0.717, 1.165) is 33.9 Å². The molecular formula is C16H12N2O4S. The van der Waals surface area contributed by atoms with Gasteiger partial charge < -0.3 is 14.6 Å². The standard InChI is InChI=1S/C16H12N2O4S/c1-21-13-6-8(2-4-11(13)19)9-7-14(20)22-12-5-3-10-16(15(9)12)18-23-17-10/h2-6,9,19H,7H2,1H3. The summed E-state index contributed by atoms with van der Waals surface area (Å²) in [6, 6.07) is 8.63. The van der Waals surface area contributed by atoms with E-state index in [1.165, 1.54) is 7.11 Å². The second-order valence-electron chi connectivity index (χ2n) is 5.27. The van der Waals surface area contributed by atoms with Crippen LogP contribution in [0.15, 0.2) is 30.3 Å². The summed E-state index contributed by atoms with van der Waals surface area (Å²) < 4.78 is 19.1. The number of nitrogens with zero attached hydrogens (tertiary/aromatic N) is 2. The van der Waals surface area contributed by atoms with Gasteiger partial charge in [0.25, 0.3) is 0 Å². The van der Waals surface area contributed by atoms with Crippen LogP contribution in [0.3, 0.4) is 0 Å². The Balaban J connectivity index is 1.93. The lowest BCUT2D eigenvalue weighted by molar-refractivity contribution is -0.135. The predicted octanol–water partition coefficient (Wildman–Crippen LogP) is 2.85. The molecule has 0 amide bonds. The minimum absolute atomic E-state index is 0.0587. The molecule has 1 N–H and O–H groups in total. The topological polar surface area (TPSA) is 81.5 Å². The van der Waals surface area contributed by atoms with E-state index in [4.69, 9.17) is 9.47 Å². The molecule has 0 saturated heterocycles. The summed E-state index contributed by atoms with van der Waals surface area (Å²) in [7, 11) is 1.49. The molecule has 116 valence electrons. The van der Waals surface area contributed by atoms with Crippen LogP contribution in [-0.2, 0) is 4.79 Å². The van der Waals surface area contributed by atoms with Crippen molar-refractivity contribution in [3.63, 3.8) is 0 Å². The van der Waals surface area contributed by atoms with Crippen molar-refractivity contribution in [2.45, 2.75) is 12.3 Å². The van der Waals surface area contributed by atoms with Gasteiger partial charge in [-0.15, -0.1) is 0 Å². The molecule has 0 aliphatic carbocycles. The summed E-state index contributed by atoms with van der Waals surface area (Å²) >= 11 is 1.13. The van der Waals surface area contributed by atoms with E-state index >= 15 is 0 Å². The molecule has 0 saturated carbocycles. The Labute approximate surface area is 135 Å². The molecule has 1 atom stereocenters. The monoisotopic (exact) mass is 328 g/mol. The number of carbonyl (C=O) groups excluding carboxylic acids is 1. The quantitative estimate of drug-likeness (QED) is 0.575. The number of benzene rings is 2. The molecule has 3 aromatic rings. The summed E-state index contributed by atoms with van der Waals surface area (Å²) in [5, 5.41) is 9.78. The lowest BCUT2D eigenvalue weighted by atomic mass is 9.85. The van der Waals surface area contributed by atoms with Gasteiger partial charge in [-0.1, -0.05) is 6.07 Å². The van der Waals surface area contributed by atoms with Crippen molar-refractivity contribution in [2.24, 2.45) is 0 Å². The highest BCUT2D eigenvalue weighted by molar-refractivity contribution is 7.00. The van der Waals surface area contributed by atoms with Gasteiger partial charge in [0.15, 0.2) is 11.5 Å². The average Bonchev–Trinajstić information content (AvgIpc) is 3.03. The molecule has 2 aromatic carbocycles. The first-order chi connectivity index (χ1) is 11.2. The first-order valence-electron chi connectivity index (χ1n) is 7.00. The maximum absolute atomic E-state index is 12.0. The van der Waals surface area contributed by atoms with Gasteiger partial charge >= 0.3 is 5.97 Å². The number of methoxy groups -OCH3 is 1. The number of fused-ring (bicyclic) bond motifs is 3. The van der Waals surface area contributed by atoms with E-state index < -0.39 is 0 Å². The molecule has 23 heavy (non-hydrogen) atoms. The molecule has 2 heterocycles. The second-order valence-corrected chi connectivity index (χ2v) is 5.80. The third-order valence-corrected chi connectivity index (χ3v) is 4.52. The zero-order valence-corrected chi connectivity index (χ0v) is 13.0. The number of ether oxygens (including phenoxy) is 2. The van der Waals surface area contributed by atoms with Gasteiger partial charge in [0.05, 0.1) is 25.3 Å². The summed E-state index contributed by atoms with van der Waals surface area (Å²) in [6.07, 6.45) is 0.206. The van der Waals surface area contributed by atoms with Crippen LogP contribution in [0.1, 0.15) is 23.5 Å². The van der Waals surface area contributed by atoms with Gasteiger partial charge in [-0.3, -0.25) is 4.79 Å². The van der Waals surface area contributed by atoms with Crippen molar-refractivity contribution < 1.29 is 19.4 Å². The summed E-state index contributed by atoms with van der Waals surface area (Å²) in [4.78, 5) is 12.0. The fraction of sp³-hybridized carbons (Fsp3) is 0.188. The van der Waals surface area contributed by atoms with Crippen LogP contribution in [0.2, 0.25) is 0 Å². The number of aromatic hydroxyl groups is 1. The van der Waals surface area contributed by atoms with Gasteiger partial charge in [-0.05, 0) is 29.8 Å². The first kappa shape index (κ1) is 14.0. The van der Waals surface area contributed by atoms with E-state index in [1.807, 2.05) is 0 Å². The number of hydrogen-bond donors (Lipinski definition) is 1. The molecule has 1 aromatic heterocycles. The third kappa shape index (κ3) is 2.20. The largest absolute Gasteiger partial charge is 0.504 e. The Kier molecular flexibility index (Phi) is 3.16. The molecule has 0 radical (unpaired) electrons. The van der Waals surface area contributed by atoms with Crippen molar-refractivity contribution in [1.82, 2.24) is 8.75 Å². The number of phenols is 1. The molecule has 6 nitrogen and oxygen atoms in total. The van der Waals surface area contributed by atoms with E-state index in [-0.39, 0.29) is 24.1 Å². The van der Waals surface area contributed by atoms with E-state index in [2.05, 4.69) is 8.75 Å². The Morgan fingerprint density at radius 3 is 3.00 bits per heavy atom. The molecular weight excluding hydrogens is 316 g/mol. The van der Waals surface area contributed by atoms with E-state index in [1.54, 1.807) is 30.3 Å². The molecule has 1 unspecified atom stereocenters. The molecule has 4 rings (SSSR count). The predicted molar refractivity (Wildman–Crippen MR) is 84.2 cm³/mol. The lowest BCUT2D eigenvalue weighted by Gasteiger charge is -2.25. The summed E-state index contributed by atoms with van der Waals surface area (Å²) in [5.41, 5.74) is 3.24. The minimum Gasteiger partial charge on any atom is -0.504 e. The smallest absolute Gasteiger partial charge is 0.312 e. The number of hydrogen-bond acceptors (Lipinski definition) is 7. The SMILES string of the molecule is COc1cc(C2CC(=O)Oc3ccc4nsnc4c32)ccc1O. The van der Waals surface area contributed by atoms with E-state index in [0.29, 0.717) is 11.5 Å². The van der Waals surface area contributed by atoms with Crippen molar-refractivity contribution in [1.29, 1.82) is 0 Å². The van der Waals surface area contributed by atoms with Crippen molar-refractivity contribution >= 4 is 28.7 Å². The molecule has 0 fully saturated rings. The molecule has 1 aliphatic rings. The number of rotatable bonds is 2. The molecule has 1 aliphatic heterocycles. The molecule has 7 heteroatoms. The summed E-state index contributed by atoms with van der Waals surface area (Å²) in [5.74, 6) is 0.430. The van der Waals surface area contributed by atoms with Crippen molar-refractivity contribution in [3.8, 4) is 17.2 Å². The van der Waals surface area contributed by atoms with Crippen LogP contribution in [-0.4, -0.2) is 26.9 Å². The van der Waals surface area contributed by atoms with Gasteiger partial charge in [0.2, 0.25) is 0 Å². The Bertz CT molecular complexity index is 922. The minimum atomic E-state index is -0.294. The Morgan fingerprint density at radius 2 is 2.17 bits per heavy atom. The van der Waals surface area contributed by atoms with E-state index in [9.17, 15) is 9.90 Å². The fourth-order valence-electron chi connectivity index (χ4n) is 2.91. The first-order valence-corrected chi connectivity index (χ1v) is 7.73. The van der Waals surface area contributed by atoms with Gasteiger partial charge in [0, 0.05) is 11.5 Å². The third-order valence-electron chi connectivity index (χ3n) is 3.98. The van der Waals surface area contributed by atoms with Gasteiger partial charge in [-0.25, -0.2) is 0 Å². The van der Waals surface area contributed by atoms with Gasteiger partial charge in [0.1, 0.15) is 16.8 Å². The zero-order valence-electron chi connectivity index (χ0n) is 12.1. The van der Waals surface area contributed by atoms with Crippen LogP contribution in [0.5, 0.6) is 17.2 Å². The van der Waals surface area contributed by atoms with Crippen LogP contribution in [0, 0.1) is 0 Å². The highest BCUT2D eigenvalue weighted by Gasteiger charge is 2.31. The Morgan fingerprint density at radius 1 is 1.30 bits per heavy atom. The number of phenolic OH excluding ortho intramolecular Hbond substituents is 1. The lowest BCUT2D eigenvalue weighted by Crippen LogP contribution is -2.21. The summed E-state index contributed by atoms with van der Waals surface area (Å²) in [6.45, 7) is 0. The second kappa shape index (κ2) is 5.20. The number of aromatic nitrogens is 2. The maximum atomic E-state index is 12.0. The fourth-order valence-corrected chi connectivity index (χ4v) is 3.46. The number of esters is 1. The van der Waals surface area contributed by atoms with Crippen molar-refractivity contribution in [2.75, 3.05) is 7.11 Å². The number of carbonyl (C=O) groups is 1. The van der Waals surface area contributed by atoms with Crippen LogP contribution in [0.4, 0.5) is 0 Å². The zero-order chi connectivity index (χ0) is 16.0. The highest BCUT2D eigenvalue weighted by atomic mass is 32.1. The molecule has 0 spiro atoms. The van der Waals surface area contributed by atoms with Gasteiger partial charge in [-0.2, -0.15) is 8.75 Å². The van der Waals surface area contributed by atoms with Crippen molar-refractivity contribution in [3.05, 3.63) is 41.5 Å². The normalized spacial score (nSPS) is 16.9. The Hall–Kier alpha value is -2.67. The van der Waals surface area contributed by atoms with Crippen LogP contribution < -0.4 is 9.47 Å². The molecule has 0 bridgehead atoms. The average molecular weight is 328 g/mol. The van der Waals surface area contributed by atoms with Crippen LogP contribution in [0.25, 0.3) is 11.0 Å².